The Morgan fingerprint density at radius 3 is 2.32 bits per heavy atom. The standard InChI is InChI=1S/C18H27N5OS/c1-11(2)15-19-16(14-12(3)13(4)25-17(14)20-15)22-7-9-23(10-8-22)18(24)21(5)6/h11H,7-10H2,1-6H3. The predicted octanol–water partition coefficient (Wildman–Crippen LogP) is 3.24. The summed E-state index contributed by atoms with van der Waals surface area (Å²) < 4.78 is 0. The highest BCUT2D eigenvalue weighted by molar-refractivity contribution is 7.18. The topological polar surface area (TPSA) is 52.6 Å². The van der Waals surface area contributed by atoms with E-state index >= 15 is 0 Å². The van der Waals surface area contributed by atoms with Gasteiger partial charge in [0.2, 0.25) is 0 Å². The minimum atomic E-state index is 0.0814. The van der Waals surface area contributed by atoms with Gasteiger partial charge in [0.25, 0.3) is 0 Å². The van der Waals surface area contributed by atoms with Crippen molar-refractivity contribution in [2.24, 2.45) is 0 Å². The van der Waals surface area contributed by atoms with Crippen LogP contribution in [0.4, 0.5) is 10.6 Å². The van der Waals surface area contributed by atoms with E-state index in [1.807, 2.05) is 4.90 Å². The molecule has 1 aliphatic rings. The van der Waals surface area contributed by atoms with E-state index in [9.17, 15) is 4.79 Å². The van der Waals surface area contributed by atoms with E-state index in [1.54, 1.807) is 30.3 Å². The van der Waals surface area contributed by atoms with Crippen LogP contribution in [0.25, 0.3) is 10.2 Å². The normalized spacial score (nSPS) is 15.3. The van der Waals surface area contributed by atoms with Crippen molar-refractivity contribution in [2.75, 3.05) is 45.2 Å². The molecule has 25 heavy (non-hydrogen) atoms. The van der Waals surface area contributed by atoms with Crippen molar-refractivity contribution >= 4 is 33.4 Å². The van der Waals surface area contributed by atoms with Crippen LogP contribution in [0.5, 0.6) is 0 Å². The lowest BCUT2D eigenvalue weighted by Crippen LogP contribution is -2.51. The maximum absolute atomic E-state index is 12.2. The first-order valence-electron chi connectivity index (χ1n) is 8.78. The average molecular weight is 362 g/mol. The fourth-order valence-electron chi connectivity index (χ4n) is 3.12. The van der Waals surface area contributed by atoms with Gasteiger partial charge in [0, 0.05) is 51.1 Å². The fraction of sp³-hybridized carbons (Fsp3) is 0.611. The van der Waals surface area contributed by atoms with Crippen LogP contribution >= 0.6 is 11.3 Å². The third kappa shape index (κ3) is 3.29. The number of piperazine rings is 1. The Bertz CT molecular complexity index is 790. The molecule has 0 saturated carbocycles. The third-order valence-electron chi connectivity index (χ3n) is 4.78. The van der Waals surface area contributed by atoms with E-state index in [-0.39, 0.29) is 6.03 Å². The van der Waals surface area contributed by atoms with Gasteiger partial charge in [-0.25, -0.2) is 14.8 Å². The SMILES string of the molecule is Cc1sc2nc(C(C)C)nc(N3CCN(C(=O)N(C)C)CC3)c2c1C. The zero-order chi connectivity index (χ0) is 18.3. The summed E-state index contributed by atoms with van der Waals surface area (Å²) in [6.45, 7) is 11.6. The number of aryl methyl sites for hydroxylation is 2. The molecule has 1 fully saturated rings. The average Bonchev–Trinajstić information content (AvgIpc) is 2.88. The summed E-state index contributed by atoms with van der Waals surface area (Å²) in [5, 5.41) is 1.18. The van der Waals surface area contributed by atoms with Gasteiger partial charge in [-0.05, 0) is 19.4 Å². The number of carbonyl (C=O) groups is 1. The monoisotopic (exact) mass is 361 g/mol. The van der Waals surface area contributed by atoms with Crippen LogP contribution in [0.15, 0.2) is 0 Å². The number of thiophene rings is 1. The van der Waals surface area contributed by atoms with Crippen molar-refractivity contribution in [3.8, 4) is 0 Å². The first-order valence-corrected chi connectivity index (χ1v) is 9.60. The number of hydrogen-bond donors (Lipinski definition) is 0. The van der Waals surface area contributed by atoms with Gasteiger partial charge in [-0.2, -0.15) is 0 Å². The summed E-state index contributed by atoms with van der Waals surface area (Å²) in [7, 11) is 3.60. The van der Waals surface area contributed by atoms with Gasteiger partial charge >= 0.3 is 6.03 Å². The molecular weight excluding hydrogens is 334 g/mol. The number of carbonyl (C=O) groups excluding carboxylic acids is 1. The Morgan fingerprint density at radius 1 is 1.12 bits per heavy atom. The maximum Gasteiger partial charge on any atom is 0.319 e. The highest BCUT2D eigenvalue weighted by Crippen LogP contribution is 2.36. The molecule has 6 nitrogen and oxygen atoms in total. The zero-order valence-electron chi connectivity index (χ0n) is 16.0. The number of aromatic nitrogens is 2. The molecule has 136 valence electrons. The quantitative estimate of drug-likeness (QED) is 0.824. The summed E-state index contributed by atoms with van der Waals surface area (Å²) in [5.41, 5.74) is 1.28. The van der Waals surface area contributed by atoms with Gasteiger partial charge in [-0.1, -0.05) is 13.8 Å². The van der Waals surface area contributed by atoms with E-state index in [4.69, 9.17) is 9.97 Å². The molecule has 2 aromatic heterocycles. The minimum Gasteiger partial charge on any atom is -0.352 e. The Morgan fingerprint density at radius 2 is 1.76 bits per heavy atom. The van der Waals surface area contributed by atoms with Crippen LogP contribution in [-0.2, 0) is 0 Å². The molecule has 7 heteroatoms. The molecule has 0 aliphatic carbocycles. The van der Waals surface area contributed by atoms with Gasteiger partial charge in [-0.3, -0.25) is 0 Å². The lowest BCUT2D eigenvalue weighted by Gasteiger charge is -2.37. The summed E-state index contributed by atoms with van der Waals surface area (Å²) in [6.07, 6.45) is 0. The van der Waals surface area contributed by atoms with Crippen LogP contribution in [0.3, 0.4) is 0 Å². The molecule has 0 atom stereocenters. The van der Waals surface area contributed by atoms with Crippen LogP contribution < -0.4 is 4.90 Å². The number of hydrogen-bond acceptors (Lipinski definition) is 5. The largest absolute Gasteiger partial charge is 0.352 e. The fourth-order valence-corrected chi connectivity index (χ4v) is 4.15. The lowest BCUT2D eigenvalue weighted by atomic mass is 10.1. The molecule has 0 N–H and O–H groups in total. The first-order chi connectivity index (χ1) is 11.8. The Balaban J connectivity index is 1.94. The number of fused-ring (bicyclic) bond motifs is 1. The summed E-state index contributed by atoms with van der Waals surface area (Å²) in [4.78, 5) is 30.1. The summed E-state index contributed by atoms with van der Waals surface area (Å²) in [6, 6.07) is 0.0814. The highest BCUT2D eigenvalue weighted by atomic mass is 32.1. The summed E-state index contributed by atoms with van der Waals surface area (Å²) in [5.74, 6) is 2.23. The third-order valence-corrected chi connectivity index (χ3v) is 5.88. The van der Waals surface area contributed by atoms with Crippen molar-refractivity contribution < 1.29 is 4.79 Å². The Hall–Kier alpha value is -1.89. The second kappa shape index (κ2) is 6.78. The van der Waals surface area contributed by atoms with Crippen molar-refractivity contribution in [1.82, 2.24) is 19.8 Å². The van der Waals surface area contributed by atoms with Crippen LogP contribution in [-0.4, -0.2) is 66.1 Å². The van der Waals surface area contributed by atoms with Gasteiger partial charge in [0.1, 0.15) is 16.5 Å². The Kier molecular flexibility index (Phi) is 4.86. The minimum absolute atomic E-state index is 0.0814. The number of nitrogens with zero attached hydrogens (tertiary/aromatic N) is 5. The van der Waals surface area contributed by atoms with Crippen molar-refractivity contribution in [3.63, 3.8) is 0 Å². The molecule has 1 saturated heterocycles. The molecule has 0 spiro atoms. The van der Waals surface area contributed by atoms with Crippen LogP contribution in [0.2, 0.25) is 0 Å². The van der Waals surface area contributed by atoms with Gasteiger partial charge in [0.15, 0.2) is 0 Å². The maximum atomic E-state index is 12.2. The van der Waals surface area contributed by atoms with E-state index in [0.717, 1.165) is 42.7 Å². The number of rotatable bonds is 2. The second-order valence-corrected chi connectivity index (χ2v) is 8.38. The van der Waals surface area contributed by atoms with Crippen molar-refractivity contribution in [2.45, 2.75) is 33.6 Å². The number of anilines is 1. The molecule has 1 aliphatic heterocycles. The molecular formula is C18H27N5OS. The molecule has 2 amide bonds. The molecule has 0 radical (unpaired) electrons. The molecule has 0 unspecified atom stereocenters. The smallest absolute Gasteiger partial charge is 0.319 e. The van der Waals surface area contributed by atoms with Crippen molar-refractivity contribution in [1.29, 1.82) is 0 Å². The summed E-state index contributed by atoms with van der Waals surface area (Å²) >= 11 is 1.75. The molecule has 3 heterocycles. The van der Waals surface area contributed by atoms with E-state index < -0.39 is 0 Å². The van der Waals surface area contributed by atoms with Gasteiger partial charge in [0.05, 0.1) is 5.39 Å². The molecule has 0 aromatic carbocycles. The van der Waals surface area contributed by atoms with Crippen LogP contribution in [0.1, 0.15) is 36.0 Å². The first kappa shape index (κ1) is 17.9. The Labute approximate surface area is 153 Å². The number of amides is 2. The molecule has 3 rings (SSSR count). The van der Waals surface area contributed by atoms with Gasteiger partial charge < -0.3 is 14.7 Å². The predicted molar refractivity (Wildman–Crippen MR) is 104 cm³/mol. The number of urea groups is 1. The van der Waals surface area contributed by atoms with E-state index in [2.05, 4.69) is 32.6 Å². The van der Waals surface area contributed by atoms with Crippen LogP contribution in [0, 0.1) is 13.8 Å². The van der Waals surface area contributed by atoms with Crippen molar-refractivity contribution in [3.05, 3.63) is 16.3 Å². The van der Waals surface area contributed by atoms with Gasteiger partial charge in [-0.15, -0.1) is 11.3 Å². The molecule has 2 aromatic rings. The lowest BCUT2D eigenvalue weighted by molar-refractivity contribution is 0.168. The van der Waals surface area contributed by atoms with E-state index in [1.165, 1.54) is 15.8 Å². The highest BCUT2D eigenvalue weighted by Gasteiger charge is 2.26. The molecule has 0 bridgehead atoms. The second-order valence-electron chi connectivity index (χ2n) is 7.17. The van der Waals surface area contributed by atoms with E-state index in [0.29, 0.717) is 5.92 Å². The zero-order valence-corrected chi connectivity index (χ0v) is 16.8.